The molecule has 9 heteroatoms. The number of ether oxygens (including phenoxy) is 1. The van der Waals surface area contributed by atoms with Gasteiger partial charge in [-0.3, -0.25) is 14.4 Å². The van der Waals surface area contributed by atoms with Crippen LogP contribution in [0.15, 0.2) is 79.9 Å². The topological polar surface area (TPSA) is 90.4 Å². The molecule has 3 heterocycles. The first-order valence-corrected chi connectivity index (χ1v) is 16.6. The summed E-state index contributed by atoms with van der Waals surface area (Å²) in [7, 11) is 1.59. The van der Waals surface area contributed by atoms with Crippen LogP contribution in [-0.2, 0) is 20.9 Å². The maximum atomic E-state index is 15.0. The van der Waals surface area contributed by atoms with Gasteiger partial charge < -0.3 is 24.5 Å². The molecule has 8 nitrogen and oxygen atoms in total. The molecule has 2 aromatic carbocycles. The fraction of sp³-hybridized carbons (Fsp3) is 0.472. The molecule has 3 saturated heterocycles. The van der Waals surface area contributed by atoms with Crippen molar-refractivity contribution in [2.45, 2.75) is 55.8 Å². The lowest BCUT2D eigenvalue weighted by Crippen LogP contribution is -2.60. The van der Waals surface area contributed by atoms with Crippen molar-refractivity contribution in [1.29, 1.82) is 0 Å². The maximum Gasteiger partial charge on any atom is 0.251 e. The van der Waals surface area contributed by atoms with Gasteiger partial charge in [0.15, 0.2) is 0 Å². The highest BCUT2D eigenvalue weighted by Gasteiger charge is 2.77. The number of carbonyl (C=O) groups is 3. The fourth-order valence-electron chi connectivity index (χ4n) is 7.76. The van der Waals surface area contributed by atoms with Crippen molar-refractivity contribution in [2.24, 2.45) is 23.7 Å². The van der Waals surface area contributed by atoms with Crippen LogP contribution < -0.4 is 9.64 Å². The van der Waals surface area contributed by atoms with E-state index in [0.717, 1.165) is 12.0 Å². The van der Waals surface area contributed by atoms with E-state index in [-0.39, 0.29) is 48.0 Å². The summed E-state index contributed by atoms with van der Waals surface area (Å²) in [6, 6.07) is 15.6. The number of nitrogens with zero attached hydrogens (tertiary/aromatic N) is 3. The lowest BCUT2D eigenvalue weighted by Gasteiger charge is -2.43. The molecule has 7 atom stereocenters. The zero-order valence-electron chi connectivity index (χ0n) is 26.7. The Morgan fingerprint density at radius 2 is 1.76 bits per heavy atom. The van der Waals surface area contributed by atoms with Gasteiger partial charge in [-0.1, -0.05) is 63.3 Å². The van der Waals surface area contributed by atoms with Gasteiger partial charge >= 0.3 is 0 Å². The number of hydrogen-bond donors (Lipinski definition) is 1. The highest BCUT2D eigenvalue weighted by Crippen LogP contribution is 2.69. The second-order valence-electron chi connectivity index (χ2n) is 12.7. The molecule has 3 aliphatic rings. The molecular weight excluding hydrogens is 586 g/mol. The van der Waals surface area contributed by atoms with Gasteiger partial charge in [-0.05, 0) is 48.1 Å². The number of methoxy groups -OCH3 is 1. The number of aliphatic hydroxyl groups is 1. The number of aliphatic hydroxyl groups excluding tert-OH is 1. The lowest BCUT2D eigenvalue weighted by atomic mass is 9.65. The molecular formula is C36H45N3O5S. The number of benzene rings is 2. The normalized spacial score (nSPS) is 27.3. The van der Waals surface area contributed by atoms with Crippen molar-refractivity contribution in [2.75, 3.05) is 31.7 Å². The van der Waals surface area contributed by atoms with E-state index in [2.05, 4.69) is 20.1 Å². The Labute approximate surface area is 271 Å². The van der Waals surface area contributed by atoms with Crippen LogP contribution in [0.4, 0.5) is 5.69 Å². The molecule has 1 N–H and O–H groups in total. The summed E-state index contributed by atoms with van der Waals surface area (Å²) < 4.78 is 4.52. The predicted molar refractivity (Wildman–Crippen MR) is 179 cm³/mol. The van der Waals surface area contributed by atoms with Gasteiger partial charge in [0.25, 0.3) is 5.91 Å². The summed E-state index contributed by atoms with van der Waals surface area (Å²) in [5.74, 6) is -1.24. The fourth-order valence-corrected chi connectivity index (χ4v) is 10.2. The second kappa shape index (κ2) is 13.4. The smallest absolute Gasteiger partial charge is 0.251 e. The average Bonchev–Trinajstić information content (AvgIpc) is 3.63. The Balaban J connectivity index is 1.59. The molecule has 3 amide bonds. The van der Waals surface area contributed by atoms with Gasteiger partial charge in [-0.15, -0.1) is 24.9 Å². The molecule has 2 bridgehead atoms. The van der Waals surface area contributed by atoms with Crippen molar-refractivity contribution in [3.63, 3.8) is 0 Å². The number of likely N-dealkylation sites (tertiary alicyclic amines) is 1. The first-order chi connectivity index (χ1) is 21.6. The van der Waals surface area contributed by atoms with Crippen LogP contribution in [0.25, 0.3) is 0 Å². The van der Waals surface area contributed by atoms with Crippen LogP contribution in [0.5, 0.6) is 5.75 Å². The van der Waals surface area contributed by atoms with Gasteiger partial charge in [0.1, 0.15) is 11.8 Å². The molecule has 240 valence electrons. The van der Waals surface area contributed by atoms with E-state index < -0.39 is 28.7 Å². The zero-order valence-corrected chi connectivity index (χ0v) is 27.5. The Kier molecular flexibility index (Phi) is 9.80. The van der Waals surface area contributed by atoms with Crippen LogP contribution in [-0.4, -0.2) is 81.5 Å². The van der Waals surface area contributed by atoms with E-state index in [1.807, 2.05) is 56.3 Å². The van der Waals surface area contributed by atoms with Crippen molar-refractivity contribution >= 4 is 35.2 Å². The minimum atomic E-state index is -0.860. The van der Waals surface area contributed by atoms with Crippen LogP contribution >= 0.6 is 11.8 Å². The standard InChI is InChI=1S/C36H45N3O5S/c1-7-18-37(21-25-12-10-9-11-13-25)33(41)30-29-20-24(5)36(45-29)31(30)34(42)39(28(22-40)23(3)4)32(36)35(43)38(19-8-2)26-14-16-27(44-6)17-15-26/h7-17,23-24,28-32,40H,1-2,18-22H2,3-6H3/t24?,28-,29+,30-,31-,32?,36?/m0/s1. The molecule has 0 radical (unpaired) electrons. The highest BCUT2D eigenvalue weighted by atomic mass is 32.2. The number of amides is 3. The largest absolute Gasteiger partial charge is 0.497 e. The SMILES string of the molecule is C=CCN(Cc1ccccc1)C(=O)[C@@H]1[C@H]2C(=O)N([C@@H](CO)C(C)C)C(C(=O)N(CC=C)c3ccc(OC)cc3)C23S[C@@H]1CC3C. The highest BCUT2D eigenvalue weighted by molar-refractivity contribution is 8.02. The van der Waals surface area contributed by atoms with Crippen molar-refractivity contribution in [1.82, 2.24) is 9.80 Å². The summed E-state index contributed by atoms with van der Waals surface area (Å²) in [6.45, 7) is 14.6. The maximum absolute atomic E-state index is 15.0. The van der Waals surface area contributed by atoms with E-state index >= 15 is 0 Å². The molecule has 2 aromatic rings. The minimum Gasteiger partial charge on any atom is -0.497 e. The number of fused-ring (bicyclic) bond motifs is 1. The van der Waals surface area contributed by atoms with Gasteiger partial charge in [-0.2, -0.15) is 0 Å². The average molecular weight is 632 g/mol. The van der Waals surface area contributed by atoms with Crippen LogP contribution in [0.3, 0.4) is 0 Å². The molecule has 0 aliphatic carbocycles. The number of rotatable bonds is 13. The quantitative estimate of drug-likeness (QED) is 0.320. The van der Waals surface area contributed by atoms with Gasteiger partial charge in [0.2, 0.25) is 11.8 Å². The third-order valence-electron chi connectivity index (χ3n) is 9.86. The first kappa shape index (κ1) is 32.8. The summed E-state index contributed by atoms with van der Waals surface area (Å²) in [6.07, 6.45) is 4.12. The second-order valence-corrected chi connectivity index (χ2v) is 14.3. The number of carbonyl (C=O) groups excluding carboxylic acids is 3. The Bertz CT molecular complexity index is 1420. The summed E-state index contributed by atoms with van der Waals surface area (Å²) in [4.78, 5) is 49.4. The summed E-state index contributed by atoms with van der Waals surface area (Å²) in [5.41, 5.74) is 1.66. The van der Waals surface area contributed by atoms with E-state index in [9.17, 15) is 19.5 Å². The molecule has 3 unspecified atom stereocenters. The summed E-state index contributed by atoms with van der Waals surface area (Å²) in [5, 5.41) is 10.5. The molecule has 3 aliphatic heterocycles. The molecule has 3 fully saturated rings. The van der Waals surface area contributed by atoms with E-state index in [1.54, 1.807) is 57.9 Å². The Hall–Kier alpha value is -3.56. The van der Waals surface area contributed by atoms with Gasteiger partial charge in [0.05, 0.1) is 36.3 Å². The molecule has 5 rings (SSSR count). The summed E-state index contributed by atoms with van der Waals surface area (Å²) >= 11 is 1.65. The number of hydrogen-bond acceptors (Lipinski definition) is 6. The van der Waals surface area contributed by atoms with Gasteiger partial charge in [-0.25, -0.2) is 0 Å². The van der Waals surface area contributed by atoms with Crippen LogP contribution in [0, 0.1) is 23.7 Å². The van der Waals surface area contributed by atoms with E-state index in [0.29, 0.717) is 24.5 Å². The first-order valence-electron chi connectivity index (χ1n) is 15.7. The van der Waals surface area contributed by atoms with Gasteiger partial charge in [0, 0.05) is 30.6 Å². The predicted octanol–water partition coefficient (Wildman–Crippen LogP) is 4.78. The Morgan fingerprint density at radius 1 is 1.09 bits per heavy atom. The lowest BCUT2D eigenvalue weighted by molar-refractivity contribution is -0.146. The van der Waals surface area contributed by atoms with E-state index in [4.69, 9.17) is 4.74 Å². The molecule has 1 spiro atoms. The number of anilines is 1. The van der Waals surface area contributed by atoms with E-state index in [1.165, 1.54) is 0 Å². The van der Waals surface area contributed by atoms with Crippen molar-refractivity contribution < 1.29 is 24.2 Å². The molecule has 0 aromatic heterocycles. The van der Waals surface area contributed by atoms with Crippen molar-refractivity contribution in [3.8, 4) is 5.75 Å². The Morgan fingerprint density at radius 3 is 2.33 bits per heavy atom. The minimum absolute atomic E-state index is 0.000573. The third kappa shape index (κ3) is 5.58. The monoisotopic (exact) mass is 631 g/mol. The molecule has 45 heavy (non-hydrogen) atoms. The molecule has 0 saturated carbocycles. The van der Waals surface area contributed by atoms with Crippen LogP contribution in [0.2, 0.25) is 0 Å². The zero-order chi connectivity index (χ0) is 32.5. The number of thioether (sulfide) groups is 1. The van der Waals surface area contributed by atoms with Crippen molar-refractivity contribution in [3.05, 3.63) is 85.5 Å². The van der Waals surface area contributed by atoms with Crippen LogP contribution in [0.1, 0.15) is 32.8 Å². The third-order valence-corrected chi connectivity index (χ3v) is 11.9.